The van der Waals surface area contributed by atoms with E-state index in [2.05, 4.69) is 0 Å². The zero-order valence-corrected chi connectivity index (χ0v) is 5.31. The van der Waals surface area contributed by atoms with Gasteiger partial charge in [0.15, 0.2) is 0 Å². The van der Waals surface area contributed by atoms with Gasteiger partial charge in [-0.1, -0.05) is 0 Å². The van der Waals surface area contributed by atoms with Crippen molar-refractivity contribution in [2.75, 3.05) is 18.2 Å². The molecule has 0 radical (unpaired) electrons. The largest absolute Gasteiger partial charge is 0.248 e. The van der Waals surface area contributed by atoms with Gasteiger partial charge in [-0.3, -0.25) is 0 Å². The van der Waals surface area contributed by atoms with Crippen molar-refractivity contribution in [2.24, 2.45) is 0 Å². The van der Waals surface area contributed by atoms with Gasteiger partial charge in [-0.05, 0) is 12.2 Å². The Bertz CT molecular complexity index is 78.5. The highest BCUT2D eigenvalue weighted by Gasteiger charge is 2.33. The molecule has 1 aliphatic heterocycles. The number of alkyl halides is 2. The van der Waals surface area contributed by atoms with Gasteiger partial charge in [0.2, 0.25) is 0 Å². The van der Waals surface area contributed by atoms with Crippen LogP contribution in [-0.4, -0.2) is 23.8 Å². The fourth-order valence-corrected chi connectivity index (χ4v) is 1.93. The lowest BCUT2D eigenvalue weighted by Crippen LogP contribution is -2.24. The maximum Gasteiger partial charge on any atom is 0.148 e. The number of rotatable bonds is 1. The zero-order chi connectivity index (χ0) is 6.04. The zero-order valence-electron chi connectivity index (χ0n) is 4.49. The van der Waals surface area contributed by atoms with Crippen LogP contribution in [0.5, 0.6) is 0 Å². The molecule has 0 nitrogen and oxygen atoms in total. The van der Waals surface area contributed by atoms with Crippen LogP contribution in [0.4, 0.5) is 8.78 Å². The molecule has 8 heavy (non-hydrogen) atoms. The molecule has 1 saturated heterocycles. The Balaban J connectivity index is 2.40. The van der Waals surface area contributed by atoms with Gasteiger partial charge in [0.05, 0.1) is 0 Å². The first-order chi connectivity index (χ1) is 3.77. The molecule has 0 spiro atoms. The molecule has 48 valence electrons. The Morgan fingerprint density at radius 2 is 2.38 bits per heavy atom. The second-order valence-electron chi connectivity index (χ2n) is 2.09. The number of thioether (sulfide) groups is 1. The summed E-state index contributed by atoms with van der Waals surface area (Å²) in [5.74, 6) is 1.13. The average molecular weight is 138 g/mol. The summed E-state index contributed by atoms with van der Waals surface area (Å²) in [7, 11) is 0. The summed E-state index contributed by atoms with van der Waals surface area (Å²) < 4.78 is 24.3. The van der Waals surface area contributed by atoms with E-state index in [1.165, 1.54) is 11.8 Å². The van der Waals surface area contributed by atoms with E-state index in [0.29, 0.717) is 12.2 Å². The summed E-state index contributed by atoms with van der Waals surface area (Å²) >= 11 is 1.49. The van der Waals surface area contributed by atoms with E-state index in [0.717, 1.165) is 5.75 Å². The Labute approximate surface area is 51.6 Å². The number of hydrogen-bond donors (Lipinski definition) is 0. The second-order valence-corrected chi connectivity index (χ2v) is 3.19. The maximum absolute atomic E-state index is 12.6. The summed E-state index contributed by atoms with van der Waals surface area (Å²) in [6.07, 6.45) is 0.397. The lowest BCUT2D eigenvalue weighted by atomic mass is 10.1. The lowest BCUT2D eigenvalue weighted by Gasteiger charge is -2.10. The summed E-state index contributed by atoms with van der Waals surface area (Å²) in [6, 6.07) is 0. The van der Waals surface area contributed by atoms with Crippen LogP contribution in [0.2, 0.25) is 0 Å². The van der Waals surface area contributed by atoms with E-state index in [9.17, 15) is 8.78 Å². The molecule has 0 aliphatic carbocycles. The van der Waals surface area contributed by atoms with Crippen molar-refractivity contribution in [3.63, 3.8) is 0 Å². The maximum atomic E-state index is 12.6. The summed E-state index contributed by atoms with van der Waals surface area (Å²) in [5.41, 5.74) is -1.47. The van der Waals surface area contributed by atoms with E-state index in [1.54, 1.807) is 0 Å². The Hall–Kier alpha value is 0.210. The smallest absolute Gasteiger partial charge is 0.148 e. The van der Waals surface area contributed by atoms with Crippen LogP contribution in [0.25, 0.3) is 0 Å². The van der Waals surface area contributed by atoms with Crippen molar-refractivity contribution in [2.45, 2.75) is 12.1 Å². The van der Waals surface area contributed by atoms with Crippen LogP contribution in [0.1, 0.15) is 6.42 Å². The fraction of sp³-hybridized carbons (Fsp3) is 1.00. The third kappa shape index (κ3) is 1.13. The van der Waals surface area contributed by atoms with Crippen LogP contribution < -0.4 is 0 Å². The van der Waals surface area contributed by atoms with E-state index in [-0.39, 0.29) is 0 Å². The SMILES string of the molecule is FCC1(F)CCSC1. The van der Waals surface area contributed by atoms with Gasteiger partial charge < -0.3 is 0 Å². The highest BCUT2D eigenvalue weighted by molar-refractivity contribution is 7.99. The van der Waals surface area contributed by atoms with Crippen molar-refractivity contribution >= 4 is 11.8 Å². The molecule has 1 heterocycles. The van der Waals surface area contributed by atoms with Gasteiger partial charge in [-0.15, -0.1) is 0 Å². The first-order valence-electron chi connectivity index (χ1n) is 2.59. The molecule has 0 aromatic carbocycles. The third-order valence-corrected chi connectivity index (χ3v) is 2.51. The van der Waals surface area contributed by atoms with Gasteiger partial charge in [-0.2, -0.15) is 11.8 Å². The number of halogens is 2. The summed E-state index contributed by atoms with van der Waals surface area (Å²) in [5, 5.41) is 0. The Morgan fingerprint density at radius 1 is 1.62 bits per heavy atom. The van der Waals surface area contributed by atoms with Gasteiger partial charge in [-0.25, -0.2) is 8.78 Å². The predicted octanol–water partition coefficient (Wildman–Crippen LogP) is 1.80. The standard InChI is InChI=1S/C5H8F2S/c6-3-5(7)1-2-8-4-5/h1-4H2. The first-order valence-corrected chi connectivity index (χ1v) is 3.75. The van der Waals surface area contributed by atoms with Gasteiger partial charge in [0.25, 0.3) is 0 Å². The molecule has 1 fully saturated rings. The molecule has 3 heteroatoms. The molecule has 1 atom stereocenters. The molecular formula is C5H8F2S. The highest BCUT2D eigenvalue weighted by atomic mass is 32.2. The van der Waals surface area contributed by atoms with Crippen molar-refractivity contribution in [1.82, 2.24) is 0 Å². The third-order valence-electron chi connectivity index (χ3n) is 1.29. The van der Waals surface area contributed by atoms with Crippen LogP contribution in [0.3, 0.4) is 0 Å². The Kier molecular flexibility index (Phi) is 1.75. The average Bonchev–Trinajstić information content (AvgIpc) is 2.17. The van der Waals surface area contributed by atoms with E-state index in [4.69, 9.17) is 0 Å². The van der Waals surface area contributed by atoms with E-state index >= 15 is 0 Å². The summed E-state index contributed by atoms with van der Waals surface area (Å²) in [6.45, 7) is -0.806. The summed E-state index contributed by atoms with van der Waals surface area (Å²) in [4.78, 5) is 0. The molecule has 0 aromatic rings. The minimum absolute atomic E-state index is 0.351. The highest BCUT2D eigenvalue weighted by Crippen LogP contribution is 2.31. The topological polar surface area (TPSA) is 0 Å². The van der Waals surface area contributed by atoms with Crippen LogP contribution >= 0.6 is 11.8 Å². The van der Waals surface area contributed by atoms with Crippen LogP contribution in [-0.2, 0) is 0 Å². The molecule has 0 bridgehead atoms. The predicted molar refractivity (Wildman–Crippen MR) is 31.8 cm³/mol. The van der Waals surface area contributed by atoms with Crippen molar-refractivity contribution in [1.29, 1.82) is 0 Å². The second kappa shape index (κ2) is 2.21. The molecule has 0 amide bonds. The molecule has 1 aliphatic rings. The molecule has 1 rings (SSSR count). The van der Waals surface area contributed by atoms with E-state index < -0.39 is 12.3 Å². The molecular weight excluding hydrogens is 130 g/mol. The quantitative estimate of drug-likeness (QED) is 0.532. The van der Waals surface area contributed by atoms with Crippen molar-refractivity contribution in [3.8, 4) is 0 Å². The number of hydrogen-bond acceptors (Lipinski definition) is 1. The lowest BCUT2D eigenvalue weighted by molar-refractivity contribution is 0.150. The molecule has 0 saturated carbocycles. The van der Waals surface area contributed by atoms with Crippen LogP contribution in [0.15, 0.2) is 0 Å². The van der Waals surface area contributed by atoms with Crippen molar-refractivity contribution < 1.29 is 8.78 Å². The van der Waals surface area contributed by atoms with Gasteiger partial charge >= 0.3 is 0 Å². The molecule has 1 unspecified atom stereocenters. The first kappa shape index (κ1) is 6.33. The minimum Gasteiger partial charge on any atom is -0.248 e. The molecule has 0 aromatic heterocycles. The monoisotopic (exact) mass is 138 g/mol. The fourth-order valence-electron chi connectivity index (χ4n) is 0.688. The minimum atomic E-state index is -1.47. The normalized spacial score (nSPS) is 38.2. The van der Waals surface area contributed by atoms with Crippen LogP contribution in [0, 0.1) is 0 Å². The molecule has 0 N–H and O–H groups in total. The van der Waals surface area contributed by atoms with E-state index in [1.807, 2.05) is 0 Å². The van der Waals surface area contributed by atoms with Gasteiger partial charge in [0.1, 0.15) is 12.3 Å². The van der Waals surface area contributed by atoms with Gasteiger partial charge in [0, 0.05) is 5.75 Å². The Morgan fingerprint density at radius 3 is 2.62 bits per heavy atom. The van der Waals surface area contributed by atoms with Crippen molar-refractivity contribution in [3.05, 3.63) is 0 Å².